The zero-order valence-electron chi connectivity index (χ0n) is 20.2. The molecule has 0 aliphatic rings. The maximum atomic E-state index is 12.5. The van der Waals surface area contributed by atoms with Gasteiger partial charge in [0.25, 0.3) is 0 Å². The lowest BCUT2D eigenvalue weighted by Crippen LogP contribution is -2.41. The van der Waals surface area contributed by atoms with Gasteiger partial charge >= 0.3 is 5.97 Å². The second kappa shape index (κ2) is 9.06. The summed E-state index contributed by atoms with van der Waals surface area (Å²) in [5.74, 6) is -0.663. The van der Waals surface area contributed by atoms with Gasteiger partial charge in [-0.1, -0.05) is 62.7 Å². The molecule has 0 aliphatic carbocycles. The number of hydrogen-bond acceptors (Lipinski definition) is 3. The van der Waals surface area contributed by atoms with Crippen LogP contribution in [0.4, 0.5) is 0 Å². The van der Waals surface area contributed by atoms with Crippen LogP contribution in [-0.4, -0.2) is 20.9 Å². The molecule has 0 amide bonds. The van der Waals surface area contributed by atoms with Crippen molar-refractivity contribution in [3.05, 3.63) is 70.3 Å². The highest BCUT2D eigenvalue weighted by molar-refractivity contribution is 6.74. The van der Waals surface area contributed by atoms with Crippen LogP contribution < -0.4 is 0 Å². The van der Waals surface area contributed by atoms with Gasteiger partial charge in [-0.3, -0.25) is 0 Å². The second-order valence-corrected chi connectivity index (χ2v) is 13.7. The minimum absolute atomic E-state index is 0.173. The summed E-state index contributed by atoms with van der Waals surface area (Å²) in [4.78, 5) is 12.5. The minimum atomic E-state index is -2.20. The van der Waals surface area contributed by atoms with Gasteiger partial charge in [-0.2, -0.15) is 0 Å². The van der Waals surface area contributed by atoms with Crippen molar-refractivity contribution in [2.45, 2.75) is 65.7 Å². The predicted molar refractivity (Wildman–Crippen MR) is 118 cm³/mol. The van der Waals surface area contributed by atoms with E-state index in [4.69, 9.17) is 11.9 Å². The van der Waals surface area contributed by atoms with Gasteiger partial charge < -0.3 is 9.16 Å². The second-order valence-electron chi connectivity index (χ2n) is 8.87. The quantitative estimate of drug-likeness (QED) is 0.408. The average molecular weight is 401 g/mol. The zero-order chi connectivity index (χ0) is 22.7. The van der Waals surface area contributed by atoms with Gasteiger partial charge in [0.15, 0.2) is 8.32 Å². The Hall–Kier alpha value is -1.91. The molecule has 152 valence electrons. The van der Waals surface area contributed by atoms with Crippen molar-refractivity contribution in [2.75, 3.05) is 6.61 Å². The Morgan fingerprint density at radius 3 is 2.21 bits per heavy atom. The Morgan fingerprint density at radius 2 is 1.64 bits per heavy atom. The van der Waals surface area contributed by atoms with Crippen molar-refractivity contribution < 1.29 is 16.7 Å². The van der Waals surface area contributed by atoms with Crippen LogP contribution >= 0.6 is 0 Å². The SMILES string of the molecule is [2H]C([2H])(OC(=O)c1ccc(C)cc1C)c1ccc(CCO[Si](C)(C)C(C)(C)C)cc1. The van der Waals surface area contributed by atoms with E-state index in [1.54, 1.807) is 18.2 Å². The van der Waals surface area contributed by atoms with Crippen molar-refractivity contribution >= 4 is 14.3 Å². The van der Waals surface area contributed by atoms with Gasteiger partial charge in [-0.05, 0) is 61.2 Å². The highest BCUT2D eigenvalue weighted by atomic mass is 28.4. The maximum Gasteiger partial charge on any atom is 0.338 e. The molecule has 0 N–H and O–H groups in total. The van der Waals surface area contributed by atoms with Gasteiger partial charge in [-0.25, -0.2) is 4.79 Å². The third kappa shape index (κ3) is 6.04. The van der Waals surface area contributed by atoms with E-state index < -0.39 is 20.8 Å². The summed E-state index contributed by atoms with van der Waals surface area (Å²) in [6.07, 6.45) is 0.762. The molecule has 0 aliphatic heterocycles. The molecule has 0 heterocycles. The monoisotopic (exact) mass is 400 g/mol. The van der Waals surface area contributed by atoms with Crippen LogP contribution in [0.25, 0.3) is 0 Å². The summed E-state index contributed by atoms with van der Waals surface area (Å²) in [6, 6.07) is 12.5. The van der Waals surface area contributed by atoms with Crippen LogP contribution in [0.5, 0.6) is 0 Å². The molecule has 2 aromatic carbocycles. The van der Waals surface area contributed by atoms with Crippen LogP contribution in [-0.2, 0) is 22.1 Å². The van der Waals surface area contributed by atoms with E-state index in [0.29, 0.717) is 17.7 Å². The minimum Gasteiger partial charge on any atom is -0.457 e. The average Bonchev–Trinajstić information content (AvgIpc) is 2.60. The molecular formula is C24H34O3Si. The molecule has 28 heavy (non-hydrogen) atoms. The van der Waals surface area contributed by atoms with E-state index in [-0.39, 0.29) is 5.04 Å². The summed E-state index contributed by atoms with van der Waals surface area (Å²) in [5.41, 5.74) is 3.57. The summed E-state index contributed by atoms with van der Waals surface area (Å²) in [6.45, 7) is 13.3. The van der Waals surface area contributed by atoms with Gasteiger partial charge in [0.2, 0.25) is 0 Å². The van der Waals surface area contributed by atoms with Crippen molar-refractivity contribution in [1.82, 2.24) is 0 Å². The molecule has 0 unspecified atom stereocenters. The fourth-order valence-electron chi connectivity index (χ4n) is 2.58. The molecule has 0 saturated heterocycles. The van der Waals surface area contributed by atoms with Gasteiger partial charge in [0, 0.05) is 6.61 Å². The molecule has 0 radical (unpaired) electrons. The molecule has 0 saturated carbocycles. The normalized spacial score (nSPS) is 13.7. The first-order chi connectivity index (χ1) is 13.7. The molecule has 4 heteroatoms. The van der Waals surface area contributed by atoms with E-state index in [1.165, 1.54) is 0 Å². The standard InChI is InChI=1S/C24H34O3Si/c1-18-8-13-22(19(2)16-18)23(25)26-17-21-11-9-20(10-12-21)14-15-27-28(6,7)24(3,4)5/h8-13,16H,14-15,17H2,1-7H3/i17D2. The van der Waals surface area contributed by atoms with Crippen molar-refractivity contribution in [3.8, 4) is 0 Å². The number of aryl methyl sites for hydroxylation is 2. The Balaban J connectivity index is 2.01. The van der Waals surface area contributed by atoms with Crippen molar-refractivity contribution in [1.29, 1.82) is 0 Å². The van der Waals surface area contributed by atoms with Gasteiger partial charge in [0.1, 0.15) is 6.56 Å². The molecular weight excluding hydrogens is 364 g/mol. The number of carbonyl (C=O) groups excluding carboxylic acids is 1. The summed E-state index contributed by atoms with van der Waals surface area (Å²) in [5, 5.41) is 0.173. The number of esters is 1. The zero-order valence-corrected chi connectivity index (χ0v) is 19.2. The van der Waals surface area contributed by atoms with Crippen LogP contribution in [0.2, 0.25) is 18.1 Å². The first-order valence-corrected chi connectivity index (χ1v) is 12.7. The Bertz CT molecular complexity index is 884. The Kier molecular flexibility index (Phi) is 6.28. The fraction of sp³-hybridized carbons (Fsp3) is 0.458. The van der Waals surface area contributed by atoms with E-state index in [1.807, 2.05) is 38.1 Å². The molecule has 2 rings (SSSR count). The van der Waals surface area contributed by atoms with Crippen molar-refractivity contribution in [3.63, 3.8) is 0 Å². The molecule has 2 aromatic rings. The molecule has 0 atom stereocenters. The van der Waals surface area contributed by atoms with Crippen LogP contribution in [0.3, 0.4) is 0 Å². The molecule has 0 spiro atoms. The lowest BCUT2D eigenvalue weighted by Gasteiger charge is -2.36. The van der Waals surface area contributed by atoms with Gasteiger partial charge in [-0.15, -0.1) is 0 Å². The first kappa shape index (κ1) is 19.4. The topological polar surface area (TPSA) is 35.5 Å². The predicted octanol–water partition coefficient (Wildman–Crippen LogP) is 6.22. The summed E-state index contributed by atoms with van der Waals surface area (Å²) in [7, 11) is -1.78. The summed E-state index contributed by atoms with van der Waals surface area (Å²) < 4.78 is 27.9. The highest BCUT2D eigenvalue weighted by Gasteiger charge is 2.36. The van der Waals surface area contributed by atoms with Crippen LogP contribution in [0.15, 0.2) is 42.5 Å². The van der Waals surface area contributed by atoms with E-state index >= 15 is 0 Å². The van der Waals surface area contributed by atoms with Crippen LogP contribution in [0.1, 0.15) is 56.1 Å². The number of rotatable bonds is 7. The number of carbonyl (C=O) groups is 1. The smallest absolute Gasteiger partial charge is 0.338 e. The van der Waals surface area contributed by atoms with Crippen molar-refractivity contribution in [2.24, 2.45) is 0 Å². The Labute approximate surface area is 174 Å². The third-order valence-electron chi connectivity index (χ3n) is 5.48. The molecule has 3 nitrogen and oxygen atoms in total. The first-order valence-electron chi connectivity index (χ1n) is 10.8. The number of ether oxygens (including phenoxy) is 1. The summed E-state index contributed by atoms with van der Waals surface area (Å²) >= 11 is 0. The number of hydrogen-bond donors (Lipinski definition) is 0. The lowest BCUT2D eigenvalue weighted by atomic mass is 10.1. The van der Waals surface area contributed by atoms with E-state index in [0.717, 1.165) is 23.1 Å². The van der Waals surface area contributed by atoms with E-state index in [9.17, 15) is 4.79 Å². The molecule has 0 bridgehead atoms. The highest BCUT2D eigenvalue weighted by Crippen LogP contribution is 2.36. The van der Waals surface area contributed by atoms with Crippen LogP contribution in [0, 0.1) is 13.8 Å². The number of benzene rings is 2. The van der Waals surface area contributed by atoms with E-state index in [2.05, 4.69) is 33.9 Å². The fourth-order valence-corrected chi connectivity index (χ4v) is 3.63. The third-order valence-corrected chi connectivity index (χ3v) is 10.0. The molecule has 0 fully saturated rings. The Morgan fingerprint density at radius 1 is 1.04 bits per heavy atom. The molecule has 0 aromatic heterocycles. The largest absolute Gasteiger partial charge is 0.457 e. The maximum absolute atomic E-state index is 12.5. The van der Waals surface area contributed by atoms with Gasteiger partial charge in [0.05, 0.1) is 8.30 Å². The lowest BCUT2D eigenvalue weighted by molar-refractivity contribution is 0.0472.